The normalized spacial score (nSPS) is 11.7. The van der Waals surface area contributed by atoms with Gasteiger partial charge in [-0.3, -0.25) is 0 Å². The fraction of sp³-hybridized carbons (Fsp3) is 0. The lowest BCUT2D eigenvalue weighted by Gasteiger charge is -2.18. The van der Waals surface area contributed by atoms with E-state index in [1.54, 1.807) is 0 Å². The molecule has 0 aromatic heterocycles. The van der Waals surface area contributed by atoms with Gasteiger partial charge in [0.05, 0.1) is 0 Å². The van der Waals surface area contributed by atoms with Crippen molar-refractivity contribution in [2.45, 2.75) is 0 Å². The highest BCUT2D eigenvalue weighted by Crippen LogP contribution is 2.45. The molecule has 0 atom stereocenters. The molecule has 0 heterocycles. The topological polar surface area (TPSA) is 0 Å². The zero-order chi connectivity index (χ0) is 17.2. The Hall–Kier alpha value is 4.75. The van der Waals surface area contributed by atoms with Crippen molar-refractivity contribution in [3.8, 4) is 0 Å². The van der Waals surface area contributed by atoms with Crippen LogP contribution in [0.25, 0.3) is 21.5 Å². The molecule has 0 nitrogen and oxygen atoms in total. The van der Waals surface area contributed by atoms with Gasteiger partial charge in [-0.05, 0) is 215 Å². The number of rotatable bonds is 0. The molecule has 0 fully saturated rings. The second kappa shape index (κ2) is 8.86. The van der Waals surface area contributed by atoms with Gasteiger partial charge in [-0.1, -0.05) is 0 Å². The van der Waals surface area contributed by atoms with Gasteiger partial charge in [0, 0.05) is 48.3 Å². The van der Waals surface area contributed by atoms with E-state index in [0.29, 0.717) is 0 Å². The molecule has 0 saturated carbocycles. The zero-order valence-corrected chi connectivity index (χ0v) is 29.9. The highest BCUT2D eigenvalue weighted by molar-refractivity contribution is 14.1. The maximum Gasteiger partial charge on any atom is 0.0415 e. The Labute approximate surface area is 256 Å². The van der Waals surface area contributed by atoms with Crippen LogP contribution in [0.1, 0.15) is 0 Å². The van der Waals surface area contributed by atoms with Crippen LogP contribution in [-0.2, 0) is 0 Å². The third-order valence-corrected chi connectivity index (χ3v) is 18.0. The van der Waals surface area contributed by atoms with Crippen LogP contribution in [0.3, 0.4) is 0 Å². The summed E-state index contributed by atoms with van der Waals surface area (Å²) in [7, 11) is 0. The molecule has 0 amide bonds. The summed E-state index contributed by atoms with van der Waals surface area (Å²) < 4.78 is 12.3. The minimum atomic E-state index is 1.33. The number of halogens is 9. The Bertz CT molecular complexity index is 1010. The zero-order valence-electron chi connectivity index (χ0n) is 10.5. The van der Waals surface area contributed by atoms with E-state index in [9.17, 15) is 0 Å². The molecule has 9 heteroatoms. The van der Waals surface area contributed by atoms with Crippen LogP contribution >= 0.6 is 203 Å². The fourth-order valence-electron chi connectivity index (χ4n) is 2.29. The molecule has 0 N–H and O–H groups in total. The first kappa shape index (κ1) is 22.4. The van der Waals surface area contributed by atoms with E-state index in [1.807, 2.05) is 0 Å². The summed E-state index contributed by atoms with van der Waals surface area (Å²) in [5, 5.41) is 5.60. The van der Waals surface area contributed by atoms with Crippen molar-refractivity contribution in [2.75, 3.05) is 0 Å². The Morgan fingerprint density at radius 1 is 0.391 bits per heavy atom. The first-order chi connectivity index (χ1) is 10.7. The summed E-state index contributed by atoms with van der Waals surface area (Å²) >= 11 is 22.5. The van der Waals surface area contributed by atoms with E-state index < -0.39 is 0 Å². The minimum absolute atomic E-state index is 1.33. The summed E-state index contributed by atoms with van der Waals surface area (Å²) in [6.45, 7) is 0. The number of fused-ring (bicyclic) bond motifs is 2. The van der Waals surface area contributed by atoms with Crippen molar-refractivity contribution in [2.24, 2.45) is 0 Å². The average molecular weight is 1310 g/mol. The van der Waals surface area contributed by atoms with E-state index >= 15 is 0 Å². The number of hydrogen-bond donors (Lipinski definition) is 0. The maximum atomic E-state index is 2.55. The number of benzene rings is 3. The van der Waals surface area contributed by atoms with Gasteiger partial charge in [-0.25, -0.2) is 0 Å². The van der Waals surface area contributed by atoms with Crippen molar-refractivity contribution in [1.29, 1.82) is 0 Å². The molecule has 3 aromatic rings. The van der Waals surface area contributed by atoms with Crippen LogP contribution in [0.4, 0.5) is 0 Å². The quantitative estimate of drug-likeness (QED) is 0.0912. The smallest absolute Gasteiger partial charge is 0.0415 e. The van der Waals surface area contributed by atoms with Crippen molar-refractivity contribution in [1.82, 2.24) is 0 Å². The molecule has 0 unspecified atom stereocenters. The Morgan fingerprint density at radius 3 is 1.35 bits per heavy atom. The molecule has 0 aliphatic heterocycles. The second-order valence-electron chi connectivity index (χ2n) is 4.54. The van der Waals surface area contributed by atoms with Gasteiger partial charge in [-0.15, -0.1) is 0 Å². The van der Waals surface area contributed by atoms with Crippen LogP contribution in [0.5, 0.6) is 0 Å². The predicted octanol–water partition coefficient (Wildman–Crippen LogP) is 9.43. The minimum Gasteiger partial charge on any atom is -0.0431 e. The van der Waals surface area contributed by atoms with Crippen molar-refractivity contribution >= 4 is 225 Å². The van der Waals surface area contributed by atoms with E-state index in [4.69, 9.17) is 0 Å². The van der Waals surface area contributed by atoms with Gasteiger partial charge in [0.1, 0.15) is 0 Å². The molecular weight excluding hydrogens is 1310 g/mol. The summed E-state index contributed by atoms with van der Waals surface area (Å²) in [5.41, 5.74) is 0. The molecule has 0 radical (unpaired) electrons. The first-order valence-electron chi connectivity index (χ1n) is 5.78. The summed E-state index contributed by atoms with van der Waals surface area (Å²) in [6, 6.07) is 2.34. The standard InChI is InChI=1S/C14HI9/c15-3-1-2-4(10(19)8(3)17)9(18)6-5(7(2)16)11(20)13(22)14(23)12(6)21/h1H. The summed E-state index contributed by atoms with van der Waals surface area (Å²) in [6.07, 6.45) is 0. The molecule has 3 aromatic carbocycles. The Kier molecular flexibility index (Phi) is 8.64. The second-order valence-corrected chi connectivity index (χ2v) is 14.3. The lowest BCUT2D eigenvalue weighted by Crippen LogP contribution is -2.01. The molecule has 0 aliphatic rings. The van der Waals surface area contributed by atoms with Crippen LogP contribution in [-0.4, -0.2) is 0 Å². The first-order valence-corrected chi connectivity index (χ1v) is 15.5. The Balaban J connectivity index is 2.77. The SMILES string of the molecule is Ic1cc2c(I)c3c(I)c(I)c(I)c(I)c3c(I)c2c(I)c1I. The maximum absolute atomic E-state index is 2.55. The van der Waals surface area contributed by atoms with Gasteiger partial charge < -0.3 is 0 Å². The van der Waals surface area contributed by atoms with Gasteiger partial charge in [-0.2, -0.15) is 0 Å². The molecule has 0 saturated heterocycles. The van der Waals surface area contributed by atoms with Gasteiger partial charge in [0.2, 0.25) is 0 Å². The molecule has 23 heavy (non-hydrogen) atoms. The van der Waals surface area contributed by atoms with E-state index in [0.717, 1.165) is 0 Å². The van der Waals surface area contributed by atoms with Crippen LogP contribution in [0.15, 0.2) is 6.07 Å². The van der Waals surface area contributed by atoms with Crippen molar-refractivity contribution in [3.05, 3.63) is 38.2 Å². The highest BCUT2D eigenvalue weighted by Gasteiger charge is 2.23. The molecule has 0 spiro atoms. The molecule has 0 aliphatic carbocycles. The lowest BCUT2D eigenvalue weighted by molar-refractivity contribution is 1.52. The van der Waals surface area contributed by atoms with Crippen molar-refractivity contribution in [3.63, 3.8) is 0 Å². The molecular formula is C14HI9. The van der Waals surface area contributed by atoms with Crippen molar-refractivity contribution < 1.29 is 0 Å². The molecule has 3 rings (SSSR count). The largest absolute Gasteiger partial charge is 0.0431 e. The molecule has 120 valence electrons. The summed E-state index contributed by atoms with van der Waals surface area (Å²) in [4.78, 5) is 0. The van der Waals surface area contributed by atoms with Crippen LogP contribution in [0, 0.1) is 32.1 Å². The third kappa shape index (κ3) is 3.91. The van der Waals surface area contributed by atoms with E-state index in [-0.39, 0.29) is 0 Å². The van der Waals surface area contributed by atoms with E-state index in [1.165, 1.54) is 53.7 Å². The van der Waals surface area contributed by atoms with E-state index in [2.05, 4.69) is 209 Å². The molecule has 0 bridgehead atoms. The van der Waals surface area contributed by atoms with Crippen LogP contribution < -0.4 is 0 Å². The third-order valence-electron chi connectivity index (χ3n) is 3.32. The van der Waals surface area contributed by atoms with Gasteiger partial charge in [0.15, 0.2) is 0 Å². The number of hydrogen-bond acceptors (Lipinski definition) is 0. The Morgan fingerprint density at radius 2 is 0.826 bits per heavy atom. The fourth-order valence-corrected chi connectivity index (χ4v) is 12.0. The average Bonchev–Trinajstić information content (AvgIpc) is 2.51. The lowest BCUT2D eigenvalue weighted by atomic mass is 10.0. The monoisotopic (exact) mass is 1310 g/mol. The van der Waals surface area contributed by atoms with Gasteiger partial charge in [0.25, 0.3) is 0 Å². The predicted molar refractivity (Wildman–Crippen MR) is 176 cm³/mol. The summed E-state index contributed by atoms with van der Waals surface area (Å²) in [5.74, 6) is 0. The highest BCUT2D eigenvalue weighted by atomic mass is 127. The van der Waals surface area contributed by atoms with Crippen LogP contribution in [0.2, 0.25) is 0 Å². The van der Waals surface area contributed by atoms with Gasteiger partial charge >= 0.3 is 0 Å².